The van der Waals surface area contributed by atoms with E-state index >= 15 is 0 Å². The number of rotatable bonds is 2. The summed E-state index contributed by atoms with van der Waals surface area (Å²) in [5, 5.41) is 14.9. The fourth-order valence-electron chi connectivity index (χ4n) is 1.52. The van der Waals surface area contributed by atoms with Crippen LogP contribution in [0.5, 0.6) is 0 Å². The summed E-state index contributed by atoms with van der Waals surface area (Å²) in [6.07, 6.45) is -3.29. The van der Waals surface area contributed by atoms with Crippen LogP contribution in [-0.4, -0.2) is 20.8 Å². The highest BCUT2D eigenvalue weighted by Gasteiger charge is 2.33. The first-order valence-corrected chi connectivity index (χ1v) is 6.03. The minimum absolute atomic E-state index is 0.103. The second-order valence-electron chi connectivity index (χ2n) is 3.79. The molecule has 3 N–H and O–H groups in total. The lowest BCUT2D eigenvalue weighted by Gasteiger charge is -2.07. The molecule has 2 aromatic rings. The van der Waals surface area contributed by atoms with Gasteiger partial charge in [0.25, 0.3) is 0 Å². The Morgan fingerprint density at radius 3 is 2.55 bits per heavy atom. The van der Waals surface area contributed by atoms with Gasteiger partial charge in [0.05, 0.1) is 5.69 Å². The van der Waals surface area contributed by atoms with Crippen LogP contribution in [0, 0.1) is 0 Å². The summed E-state index contributed by atoms with van der Waals surface area (Å²) in [6, 6.07) is 5.40. The van der Waals surface area contributed by atoms with Crippen LogP contribution in [0.2, 0.25) is 0 Å². The first-order valence-electron chi connectivity index (χ1n) is 5.23. The molecule has 1 aromatic heterocycles. The highest BCUT2D eigenvalue weighted by Crippen LogP contribution is 2.29. The van der Waals surface area contributed by atoms with Gasteiger partial charge < -0.3 is 10.9 Å². The van der Waals surface area contributed by atoms with E-state index < -0.39 is 11.9 Å². The minimum Gasteiger partial charge on any atom is -0.409 e. The summed E-state index contributed by atoms with van der Waals surface area (Å²) in [5.41, 5.74) is 5.26. The van der Waals surface area contributed by atoms with Gasteiger partial charge in [-0.3, -0.25) is 0 Å². The summed E-state index contributed by atoms with van der Waals surface area (Å²) < 4.78 is 39.0. The molecule has 0 saturated carbocycles. The first kappa shape index (κ1) is 14.4. The van der Waals surface area contributed by atoms with Crippen molar-refractivity contribution in [3.63, 3.8) is 0 Å². The maximum absolute atomic E-state index is 12.5. The molecule has 1 aromatic carbocycles. The largest absolute Gasteiger partial charge is 0.435 e. The summed E-state index contributed by atoms with van der Waals surface area (Å²) in [5.74, 6) is -0.103. The molecule has 0 bridgehead atoms. The number of hydrogen-bond donors (Lipinski definition) is 2. The van der Waals surface area contributed by atoms with Crippen LogP contribution in [0.25, 0.3) is 5.69 Å². The number of alkyl halides is 3. The van der Waals surface area contributed by atoms with Crippen molar-refractivity contribution in [3.8, 4) is 5.69 Å². The molecule has 0 amide bonds. The molecule has 0 saturated heterocycles. The molecule has 5 nitrogen and oxygen atoms in total. The molecule has 0 fully saturated rings. The Morgan fingerprint density at radius 2 is 2.05 bits per heavy atom. The van der Waals surface area contributed by atoms with Crippen LogP contribution in [0.3, 0.4) is 0 Å². The van der Waals surface area contributed by atoms with Crippen molar-refractivity contribution in [1.29, 1.82) is 0 Å². The molecule has 0 aliphatic carbocycles. The molecule has 0 atom stereocenters. The van der Waals surface area contributed by atoms with Crippen LogP contribution in [0.4, 0.5) is 13.2 Å². The lowest BCUT2D eigenvalue weighted by molar-refractivity contribution is -0.141. The van der Waals surface area contributed by atoms with Crippen molar-refractivity contribution in [2.45, 2.75) is 6.18 Å². The lowest BCUT2D eigenvalue weighted by Crippen LogP contribution is -2.13. The van der Waals surface area contributed by atoms with Gasteiger partial charge in [-0.1, -0.05) is 5.16 Å². The SMILES string of the molecule is N/C(=N/O)c1ccc(-n2ccc(C(F)(F)F)n2)c(Br)c1. The molecule has 0 spiro atoms. The van der Waals surface area contributed by atoms with E-state index in [0.29, 0.717) is 15.7 Å². The van der Waals surface area contributed by atoms with E-state index in [1.54, 1.807) is 0 Å². The van der Waals surface area contributed by atoms with Gasteiger partial charge in [-0.25, -0.2) is 4.68 Å². The molecule has 1 heterocycles. The predicted octanol–water partition coefficient (Wildman–Crippen LogP) is 2.75. The molecule has 106 valence electrons. The molecule has 20 heavy (non-hydrogen) atoms. The number of amidine groups is 1. The standard InChI is InChI=1S/C11H8BrF3N4O/c12-7-5-6(10(16)18-20)1-2-8(7)19-4-3-9(17-19)11(13,14)15/h1-5,20H,(H2,16,18). The number of benzene rings is 1. The second kappa shape index (κ2) is 5.16. The fraction of sp³-hybridized carbons (Fsp3) is 0.0909. The molecule has 0 radical (unpaired) electrons. The van der Waals surface area contributed by atoms with E-state index in [1.165, 1.54) is 24.4 Å². The highest BCUT2D eigenvalue weighted by atomic mass is 79.9. The van der Waals surface area contributed by atoms with Crippen molar-refractivity contribution in [1.82, 2.24) is 9.78 Å². The Labute approximate surface area is 119 Å². The molecule has 0 unspecified atom stereocenters. The van der Waals surface area contributed by atoms with Crippen molar-refractivity contribution in [3.05, 3.63) is 46.2 Å². The Bertz CT molecular complexity index is 666. The summed E-state index contributed by atoms with van der Waals surface area (Å²) in [6.45, 7) is 0. The van der Waals surface area contributed by atoms with Gasteiger partial charge >= 0.3 is 6.18 Å². The van der Waals surface area contributed by atoms with Gasteiger partial charge in [0.15, 0.2) is 11.5 Å². The second-order valence-corrected chi connectivity index (χ2v) is 4.65. The van der Waals surface area contributed by atoms with Crippen molar-refractivity contribution >= 4 is 21.8 Å². The average molecular weight is 349 g/mol. The van der Waals surface area contributed by atoms with E-state index in [0.717, 1.165) is 10.7 Å². The van der Waals surface area contributed by atoms with E-state index in [-0.39, 0.29) is 5.84 Å². The number of aromatic nitrogens is 2. The zero-order valence-corrected chi connectivity index (χ0v) is 11.4. The summed E-state index contributed by atoms with van der Waals surface area (Å²) in [7, 11) is 0. The fourth-order valence-corrected chi connectivity index (χ4v) is 2.08. The monoisotopic (exact) mass is 348 g/mol. The van der Waals surface area contributed by atoms with Crippen LogP contribution < -0.4 is 5.73 Å². The van der Waals surface area contributed by atoms with Crippen LogP contribution in [0.1, 0.15) is 11.3 Å². The van der Waals surface area contributed by atoms with Crippen molar-refractivity contribution in [2.75, 3.05) is 0 Å². The van der Waals surface area contributed by atoms with Crippen LogP contribution >= 0.6 is 15.9 Å². The quantitative estimate of drug-likeness (QED) is 0.379. The van der Waals surface area contributed by atoms with Gasteiger partial charge in [-0.15, -0.1) is 0 Å². The molecular weight excluding hydrogens is 341 g/mol. The molecule has 9 heteroatoms. The van der Waals surface area contributed by atoms with Crippen molar-refractivity contribution in [2.24, 2.45) is 10.9 Å². The Morgan fingerprint density at radius 1 is 1.35 bits per heavy atom. The number of halogens is 4. The third-order valence-electron chi connectivity index (χ3n) is 2.48. The third kappa shape index (κ3) is 2.77. The maximum atomic E-state index is 12.5. The third-order valence-corrected chi connectivity index (χ3v) is 3.11. The summed E-state index contributed by atoms with van der Waals surface area (Å²) in [4.78, 5) is 0. The zero-order valence-electron chi connectivity index (χ0n) is 9.76. The number of hydrogen-bond acceptors (Lipinski definition) is 3. The Balaban J connectivity index is 2.41. The van der Waals surface area contributed by atoms with E-state index in [9.17, 15) is 13.2 Å². The normalized spacial score (nSPS) is 12.7. The van der Waals surface area contributed by atoms with Crippen LogP contribution in [-0.2, 0) is 6.18 Å². The van der Waals surface area contributed by atoms with Gasteiger partial charge in [-0.2, -0.15) is 18.3 Å². The predicted molar refractivity (Wildman–Crippen MR) is 68.8 cm³/mol. The lowest BCUT2D eigenvalue weighted by atomic mass is 10.2. The van der Waals surface area contributed by atoms with Gasteiger partial charge in [0.1, 0.15) is 0 Å². The van der Waals surface area contributed by atoms with E-state index in [1.807, 2.05) is 0 Å². The first-order chi connectivity index (χ1) is 9.32. The van der Waals surface area contributed by atoms with E-state index in [4.69, 9.17) is 10.9 Å². The van der Waals surface area contributed by atoms with Crippen molar-refractivity contribution < 1.29 is 18.4 Å². The summed E-state index contributed by atoms with van der Waals surface area (Å²) >= 11 is 3.21. The van der Waals surface area contributed by atoms with Gasteiger partial charge in [0, 0.05) is 16.2 Å². The van der Waals surface area contributed by atoms with Gasteiger partial charge in [0.2, 0.25) is 0 Å². The molecule has 2 rings (SSSR count). The Kier molecular flexibility index (Phi) is 3.71. The number of oxime groups is 1. The topological polar surface area (TPSA) is 76.4 Å². The number of nitrogens with zero attached hydrogens (tertiary/aromatic N) is 3. The minimum atomic E-state index is -4.49. The molecule has 0 aliphatic heterocycles. The number of nitrogens with two attached hydrogens (primary N) is 1. The van der Waals surface area contributed by atoms with Crippen LogP contribution in [0.15, 0.2) is 40.1 Å². The molecular formula is C11H8BrF3N4O. The maximum Gasteiger partial charge on any atom is 0.435 e. The smallest absolute Gasteiger partial charge is 0.409 e. The zero-order chi connectivity index (χ0) is 14.9. The average Bonchev–Trinajstić information content (AvgIpc) is 2.87. The van der Waals surface area contributed by atoms with E-state index in [2.05, 4.69) is 26.2 Å². The van der Waals surface area contributed by atoms with Gasteiger partial charge in [-0.05, 0) is 40.2 Å². The Hall–Kier alpha value is -2.03. The highest BCUT2D eigenvalue weighted by molar-refractivity contribution is 9.10. The molecule has 0 aliphatic rings.